The minimum absolute atomic E-state index is 0.0352. The summed E-state index contributed by atoms with van der Waals surface area (Å²) >= 11 is 0. The number of carbonyl (C=O) groups excluding carboxylic acids is 1. The predicted molar refractivity (Wildman–Crippen MR) is 99.4 cm³/mol. The number of amides is 1. The van der Waals surface area contributed by atoms with Gasteiger partial charge in [0.05, 0.1) is 29.6 Å². The molecule has 9 heteroatoms. The number of ether oxygens (including phenoxy) is 1. The number of para-hydroxylation sites is 1. The van der Waals surface area contributed by atoms with Crippen LogP contribution < -0.4 is 4.90 Å². The Hall–Kier alpha value is -2.68. The second kappa shape index (κ2) is 7.38. The highest BCUT2D eigenvalue weighted by Crippen LogP contribution is 2.45. The fraction of sp³-hybridized carbons (Fsp3) is 0.579. The van der Waals surface area contributed by atoms with Gasteiger partial charge >= 0.3 is 5.97 Å². The smallest absolute Gasteiger partial charge is 0.308 e. The van der Waals surface area contributed by atoms with E-state index in [-0.39, 0.29) is 29.6 Å². The average Bonchev–Trinajstić information content (AvgIpc) is 3.45. The van der Waals surface area contributed by atoms with Gasteiger partial charge in [-0.15, -0.1) is 0 Å². The predicted octanol–water partition coefficient (Wildman–Crippen LogP) is 1.61. The molecule has 2 aliphatic heterocycles. The molecule has 1 aromatic carbocycles. The molecule has 2 heterocycles. The summed E-state index contributed by atoms with van der Waals surface area (Å²) in [5.41, 5.74) is 0.458. The molecule has 2 atom stereocenters. The molecule has 1 amide bonds. The highest BCUT2D eigenvalue weighted by atomic mass is 16.6. The summed E-state index contributed by atoms with van der Waals surface area (Å²) in [6, 6.07) is 4.51. The molecule has 1 aliphatic carbocycles. The number of rotatable bonds is 5. The van der Waals surface area contributed by atoms with Gasteiger partial charge in [0.25, 0.3) is 11.6 Å². The van der Waals surface area contributed by atoms with Gasteiger partial charge in [-0.25, -0.2) is 0 Å². The lowest BCUT2D eigenvalue weighted by Crippen LogP contribution is -2.39. The van der Waals surface area contributed by atoms with E-state index in [0.717, 1.165) is 12.8 Å². The van der Waals surface area contributed by atoms with E-state index in [1.165, 1.54) is 12.1 Å². The molecule has 1 saturated carbocycles. The lowest BCUT2D eigenvalue weighted by atomic mass is 9.92. The summed E-state index contributed by atoms with van der Waals surface area (Å²) in [7, 11) is 0. The monoisotopic (exact) mass is 389 g/mol. The van der Waals surface area contributed by atoms with E-state index in [9.17, 15) is 24.8 Å². The molecule has 0 bridgehead atoms. The van der Waals surface area contributed by atoms with Gasteiger partial charge in [0.1, 0.15) is 5.69 Å². The molecule has 0 spiro atoms. The Morgan fingerprint density at radius 2 is 1.89 bits per heavy atom. The summed E-state index contributed by atoms with van der Waals surface area (Å²) in [6.45, 7) is 2.36. The number of nitro groups is 1. The van der Waals surface area contributed by atoms with Crippen LogP contribution in [0.15, 0.2) is 18.2 Å². The molecule has 0 aromatic heterocycles. The molecule has 28 heavy (non-hydrogen) atoms. The number of morpholine rings is 1. The zero-order chi connectivity index (χ0) is 19.8. The third kappa shape index (κ3) is 3.42. The minimum Gasteiger partial charge on any atom is -0.481 e. The lowest BCUT2D eigenvalue weighted by Gasteiger charge is -2.30. The van der Waals surface area contributed by atoms with Crippen molar-refractivity contribution in [3.63, 3.8) is 0 Å². The standard InChI is InChI=1S/C19H23N3O6/c23-18(21-10-14(12-4-5-12)15(11-21)19(24)25)13-2-1-3-16(22(26)27)17(13)20-6-8-28-9-7-20/h1-3,12,14-15H,4-11H2,(H,24,25)/t14-,15+/m1/s1. The number of anilines is 1. The normalized spacial score (nSPS) is 25.0. The van der Waals surface area contributed by atoms with E-state index < -0.39 is 16.8 Å². The second-order valence-electron chi connectivity index (χ2n) is 7.69. The number of hydrogen-bond acceptors (Lipinski definition) is 6. The Morgan fingerprint density at radius 1 is 1.18 bits per heavy atom. The highest BCUT2D eigenvalue weighted by Gasteiger charge is 2.47. The molecule has 3 fully saturated rings. The van der Waals surface area contributed by atoms with Crippen molar-refractivity contribution in [2.24, 2.45) is 17.8 Å². The Bertz CT molecular complexity index is 803. The lowest BCUT2D eigenvalue weighted by molar-refractivity contribution is -0.384. The molecule has 0 radical (unpaired) electrons. The fourth-order valence-electron chi connectivity index (χ4n) is 4.40. The molecule has 3 aliphatic rings. The van der Waals surface area contributed by atoms with E-state index in [2.05, 4.69) is 0 Å². The number of likely N-dealkylation sites (tertiary alicyclic amines) is 1. The van der Waals surface area contributed by atoms with Crippen molar-refractivity contribution in [3.8, 4) is 0 Å². The van der Waals surface area contributed by atoms with Crippen LogP contribution in [0.5, 0.6) is 0 Å². The van der Waals surface area contributed by atoms with Gasteiger partial charge in [0.15, 0.2) is 0 Å². The summed E-state index contributed by atoms with van der Waals surface area (Å²) in [5, 5.41) is 21.2. The molecule has 150 valence electrons. The number of carboxylic acid groups (broad SMARTS) is 1. The molecule has 1 N–H and O–H groups in total. The summed E-state index contributed by atoms with van der Waals surface area (Å²) in [5.74, 6) is -1.45. The first-order valence-corrected chi connectivity index (χ1v) is 9.59. The molecule has 2 saturated heterocycles. The largest absolute Gasteiger partial charge is 0.481 e. The number of hydrogen-bond donors (Lipinski definition) is 1. The van der Waals surface area contributed by atoms with E-state index in [0.29, 0.717) is 44.5 Å². The van der Waals surface area contributed by atoms with Crippen LogP contribution in [-0.2, 0) is 9.53 Å². The maximum Gasteiger partial charge on any atom is 0.308 e. The number of carboxylic acids is 1. The van der Waals surface area contributed by atoms with Crippen LogP contribution in [0.4, 0.5) is 11.4 Å². The van der Waals surface area contributed by atoms with E-state index in [4.69, 9.17) is 4.74 Å². The van der Waals surface area contributed by atoms with Crippen LogP contribution in [0.3, 0.4) is 0 Å². The Labute approximate surface area is 162 Å². The van der Waals surface area contributed by atoms with Crippen LogP contribution in [0.1, 0.15) is 23.2 Å². The van der Waals surface area contributed by atoms with Gasteiger partial charge in [-0.05, 0) is 30.7 Å². The van der Waals surface area contributed by atoms with Crippen LogP contribution in [0, 0.1) is 27.9 Å². The first kappa shape index (κ1) is 18.7. The van der Waals surface area contributed by atoms with Crippen molar-refractivity contribution >= 4 is 23.3 Å². The third-order valence-electron chi connectivity index (χ3n) is 5.97. The summed E-state index contributed by atoms with van der Waals surface area (Å²) < 4.78 is 5.34. The zero-order valence-corrected chi connectivity index (χ0v) is 15.5. The Kier molecular flexibility index (Phi) is 4.92. The van der Waals surface area contributed by atoms with Crippen molar-refractivity contribution < 1.29 is 24.4 Å². The first-order valence-electron chi connectivity index (χ1n) is 9.59. The number of nitro benzene ring substituents is 1. The van der Waals surface area contributed by atoms with Gasteiger partial charge < -0.3 is 19.6 Å². The highest BCUT2D eigenvalue weighted by molar-refractivity contribution is 6.02. The minimum atomic E-state index is -0.875. The molecule has 0 unspecified atom stereocenters. The van der Waals surface area contributed by atoms with Gasteiger partial charge in [-0.1, -0.05) is 6.07 Å². The van der Waals surface area contributed by atoms with Crippen LogP contribution in [-0.4, -0.2) is 66.2 Å². The quantitative estimate of drug-likeness (QED) is 0.601. The number of aliphatic carboxylic acids is 1. The first-order chi connectivity index (χ1) is 13.5. The SMILES string of the molecule is O=C(O)[C@H]1CN(C(=O)c2cccc([N+](=O)[O-])c2N2CCOCC2)C[C@@H]1C1CC1. The number of nitrogens with zero attached hydrogens (tertiary/aromatic N) is 3. The van der Waals surface area contributed by atoms with Gasteiger partial charge in [-0.2, -0.15) is 0 Å². The van der Waals surface area contributed by atoms with Crippen molar-refractivity contribution in [1.82, 2.24) is 4.90 Å². The van der Waals surface area contributed by atoms with Crippen LogP contribution >= 0.6 is 0 Å². The molecule has 9 nitrogen and oxygen atoms in total. The van der Waals surface area contributed by atoms with Crippen LogP contribution in [0.2, 0.25) is 0 Å². The van der Waals surface area contributed by atoms with Crippen molar-refractivity contribution in [2.75, 3.05) is 44.3 Å². The summed E-state index contributed by atoms with van der Waals surface area (Å²) in [4.78, 5) is 39.5. The molecular weight excluding hydrogens is 366 g/mol. The number of benzene rings is 1. The third-order valence-corrected chi connectivity index (χ3v) is 5.97. The van der Waals surface area contributed by atoms with E-state index in [1.807, 2.05) is 4.90 Å². The zero-order valence-electron chi connectivity index (χ0n) is 15.5. The van der Waals surface area contributed by atoms with Crippen molar-refractivity contribution in [3.05, 3.63) is 33.9 Å². The Morgan fingerprint density at radius 3 is 2.50 bits per heavy atom. The topological polar surface area (TPSA) is 113 Å². The Balaban J connectivity index is 1.66. The molecule has 1 aromatic rings. The van der Waals surface area contributed by atoms with Gasteiger partial charge in [-0.3, -0.25) is 19.7 Å². The number of carbonyl (C=O) groups is 2. The second-order valence-corrected chi connectivity index (χ2v) is 7.69. The fourth-order valence-corrected chi connectivity index (χ4v) is 4.40. The van der Waals surface area contributed by atoms with E-state index in [1.54, 1.807) is 11.0 Å². The van der Waals surface area contributed by atoms with Gasteiger partial charge in [0, 0.05) is 32.2 Å². The van der Waals surface area contributed by atoms with E-state index >= 15 is 0 Å². The maximum absolute atomic E-state index is 13.3. The van der Waals surface area contributed by atoms with Crippen molar-refractivity contribution in [1.29, 1.82) is 0 Å². The van der Waals surface area contributed by atoms with Gasteiger partial charge in [0.2, 0.25) is 0 Å². The maximum atomic E-state index is 13.3. The van der Waals surface area contributed by atoms with Crippen molar-refractivity contribution in [2.45, 2.75) is 12.8 Å². The average molecular weight is 389 g/mol. The van der Waals surface area contributed by atoms with Crippen LogP contribution in [0.25, 0.3) is 0 Å². The molecular formula is C19H23N3O6. The molecule has 4 rings (SSSR count). The summed E-state index contributed by atoms with van der Waals surface area (Å²) in [6.07, 6.45) is 2.01.